The zero-order chi connectivity index (χ0) is 19.2. The number of nitrogens with zero attached hydrogens (tertiary/aromatic N) is 2. The molecule has 0 spiro atoms. The number of benzene rings is 2. The molecule has 28 heavy (non-hydrogen) atoms. The molecule has 146 valence electrons. The van der Waals surface area contributed by atoms with E-state index in [1.54, 1.807) is 12.1 Å². The van der Waals surface area contributed by atoms with Gasteiger partial charge in [0.1, 0.15) is 17.3 Å². The molecule has 1 fully saturated rings. The van der Waals surface area contributed by atoms with Gasteiger partial charge in [0.15, 0.2) is 5.76 Å². The standard InChI is InChI=1S/C22H24FN3O2/c23-19-6-2-17(3-7-19)21-16-22(28-25-21)18-4-8-20(9-5-18)27-15-1-12-26-13-10-24-11-14-26/h2-9,16,24H,1,10-15H2. The molecule has 0 atom stereocenters. The van der Waals surface area contributed by atoms with E-state index in [9.17, 15) is 4.39 Å². The average Bonchev–Trinajstić information content (AvgIpc) is 3.23. The predicted octanol–water partition coefficient (Wildman–Crippen LogP) is 3.82. The van der Waals surface area contributed by atoms with Gasteiger partial charge in [-0.05, 0) is 55.0 Å². The van der Waals surface area contributed by atoms with Crippen LogP contribution in [0.3, 0.4) is 0 Å². The van der Waals surface area contributed by atoms with Gasteiger partial charge in [-0.15, -0.1) is 0 Å². The van der Waals surface area contributed by atoms with Gasteiger partial charge in [0.25, 0.3) is 0 Å². The highest BCUT2D eigenvalue weighted by Gasteiger charge is 2.10. The molecule has 2 aromatic carbocycles. The van der Waals surface area contributed by atoms with E-state index < -0.39 is 0 Å². The van der Waals surface area contributed by atoms with Crippen LogP contribution in [0.2, 0.25) is 0 Å². The van der Waals surface area contributed by atoms with E-state index in [2.05, 4.69) is 15.4 Å². The van der Waals surface area contributed by atoms with Crippen molar-refractivity contribution in [1.29, 1.82) is 0 Å². The number of ether oxygens (including phenoxy) is 1. The first-order chi connectivity index (χ1) is 13.8. The fourth-order valence-corrected chi connectivity index (χ4v) is 3.30. The molecule has 1 aliphatic rings. The van der Waals surface area contributed by atoms with Gasteiger partial charge >= 0.3 is 0 Å². The van der Waals surface area contributed by atoms with Crippen molar-refractivity contribution in [2.24, 2.45) is 0 Å². The molecule has 0 saturated carbocycles. The molecule has 0 amide bonds. The fourth-order valence-electron chi connectivity index (χ4n) is 3.30. The summed E-state index contributed by atoms with van der Waals surface area (Å²) < 4.78 is 24.4. The Labute approximate surface area is 164 Å². The molecule has 0 aliphatic carbocycles. The maximum atomic E-state index is 13.1. The summed E-state index contributed by atoms with van der Waals surface area (Å²) in [6, 6.07) is 15.9. The second-order valence-electron chi connectivity index (χ2n) is 6.90. The third kappa shape index (κ3) is 4.77. The van der Waals surface area contributed by atoms with Crippen molar-refractivity contribution in [1.82, 2.24) is 15.4 Å². The number of halogens is 1. The van der Waals surface area contributed by atoms with Gasteiger partial charge in [-0.25, -0.2) is 4.39 Å². The maximum absolute atomic E-state index is 13.1. The van der Waals surface area contributed by atoms with Crippen LogP contribution in [-0.4, -0.2) is 49.4 Å². The number of aromatic nitrogens is 1. The Morgan fingerprint density at radius 3 is 2.46 bits per heavy atom. The van der Waals surface area contributed by atoms with Gasteiger partial charge in [-0.3, -0.25) is 0 Å². The van der Waals surface area contributed by atoms with Crippen molar-refractivity contribution >= 4 is 0 Å². The number of hydrogen-bond acceptors (Lipinski definition) is 5. The molecule has 1 N–H and O–H groups in total. The second-order valence-corrected chi connectivity index (χ2v) is 6.90. The first kappa shape index (κ1) is 18.7. The number of rotatable bonds is 7. The Balaban J connectivity index is 1.30. The largest absolute Gasteiger partial charge is 0.494 e. The summed E-state index contributed by atoms with van der Waals surface area (Å²) in [5.74, 6) is 1.25. The van der Waals surface area contributed by atoms with Crippen LogP contribution >= 0.6 is 0 Å². The van der Waals surface area contributed by atoms with Crippen LogP contribution in [0.15, 0.2) is 59.1 Å². The number of piperazine rings is 1. The minimum atomic E-state index is -0.268. The minimum Gasteiger partial charge on any atom is -0.494 e. The van der Waals surface area contributed by atoms with Gasteiger partial charge in [-0.2, -0.15) is 0 Å². The lowest BCUT2D eigenvalue weighted by molar-refractivity contribution is 0.214. The molecular formula is C22H24FN3O2. The molecule has 0 radical (unpaired) electrons. The lowest BCUT2D eigenvalue weighted by Crippen LogP contribution is -2.43. The number of nitrogens with one attached hydrogen (secondary N) is 1. The molecule has 0 bridgehead atoms. The summed E-state index contributed by atoms with van der Waals surface area (Å²) in [5, 5.41) is 7.44. The van der Waals surface area contributed by atoms with Crippen LogP contribution in [0.5, 0.6) is 5.75 Å². The van der Waals surface area contributed by atoms with E-state index in [-0.39, 0.29) is 5.82 Å². The van der Waals surface area contributed by atoms with Gasteiger partial charge in [-0.1, -0.05) is 5.16 Å². The van der Waals surface area contributed by atoms with E-state index in [0.29, 0.717) is 18.1 Å². The Bertz CT molecular complexity index is 872. The maximum Gasteiger partial charge on any atom is 0.167 e. The van der Waals surface area contributed by atoms with E-state index in [1.165, 1.54) is 12.1 Å². The molecule has 1 saturated heterocycles. The third-order valence-electron chi connectivity index (χ3n) is 4.89. The highest BCUT2D eigenvalue weighted by Crippen LogP contribution is 2.27. The van der Waals surface area contributed by atoms with Crippen LogP contribution in [0.1, 0.15) is 6.42 Å². The van der Waals surface area contributed by atoms with Crippen molar-refractivity contribution in [2.75, 3.05) is 39.3 Å². The summed E-state index contributed by atoms with van der Waals surface area (Å²) in [6.45, 7) is 6.17. The van der Waals surface area contributed by atoms with Crippen LogP contribution in [0.4, 0.5) is 4.39 Å². The van der Waals surface area contributed by atoms with E-state index in [0.717, 1.165) is 56.0 Å². The smallest absolute Gasteiger partial charge is 0.167 e. The van der Waals surface area contributed by atoms with Crippen molar-refractivity contribution in [3.05, 3.63) is 60.4 Å². The van der Waals surface area contributed by atoms with Gasteiger partial charge < -0.3 is 19.5 Å². The summed E-state index contributed by atoms with van der Waals surface area (Å²) in [7, 11) is 0. The Morgan fingerprint density at radius 2 is 1.71 bits per heavy atom. The molecule has 4 rings (SSSR count). The van der Waals surface area contributed by atoms with Crippen LogP contribution < -0.4 is 10.1 Å². The number of hydrogen-bond donors (Lipinski definition) is 1. The Morgan fingerprint density at radius 1 is 1.00 bits per heavy atom. The molecular weight excluding hydrogens is 357 g/mol. The summed E-state index contributed by atoms with van der Waals surface area (Å²) in [6.07, 6.45) is 1.02. The lowest BCUT2D eigenvalue weighted by atomic mass is 10.1. The fraction of sp³-hybridized carbons (Fsp3) is 0.318. The predicted molar refractivity (Wildman–Crippen MR) is 107 cm³/mol. The van der Waals surface area contributed by atoms with E-state index in [1.807, 2.05) is 30.3 Å². The quantitative estimate of drug-likeness (QED) is 0.631. The second kappa shape index (κ2) is 8.99. The average molecular weight is 381 g/mol. The van der Waals surface area contributed by atoms with E-state index in [4.69, 9.17) is 9.26 Å². The first-order valence-electron chi connectivity index (χ1n) is 9.67. The molecule has 6 heteroatoms. The lowest BCUT2D eigenvalue weighted by Gasteiger charge is -2.26. The van der Waals surface area contributed by atoms with Crippen molar-refractivity contribution in [3.8, 4) is 28.3 Å². The SMILES string of the molecule is Fc1ccc(-c2cc(-c3ccc(OCCCN4CCNCC4)cc3)on2)cc1. The topological polar surface area (TPSA) is 50.5 Å². The third-order valence-corrected chi connectivity index (χ3v) is 4.89. The van der Waals surface area contributed by atoms with Crippen molar-refractivity contribution in [3.63, 3.8) is 0 Å². The van der Waals surface area contributed by atoms with Gasteiger partial charge in [0.2, 0.25) is 0 Å². The highest BCUT2D eigenvalue weighted by molar-refractivity contribution is 5.66. The van der Waals surface area contributed by atoms with Crippen LogP contribution in [0.25, 0.3) is 22.6 Å². The van der Waals surface area contributed by atoms with Gasteiger partial charge in [0.05, 0.1) is 6.61 Å². The minimum absolute atomic E-state index is 0.268. The first-order valence-corrected chi connectivity index (χ1v) is 9.67. The Hall–Kier alpha value is -2.70. The van der Waals surface area contributed by atoms with Gasteiger partial charge in [0, 0.05) is 49.9 Å². The van der Waals surface area contributed by atoms with Crippen molar-refractivity contribution < 1.29 is 13.7 Å². The highest BCUT2D eigenvalue weighted by atomic mass is 19.1. The zero-order valence-electron chi connectivity index (χ0n) is 15.7. The molecule has 5 nitrogen and oxygen atoms in total. The summed E-state index contributed by atoms with van der Waals surface area (Å²) >= 11 is 0. The van der Waals surface area contributed by atoms with E-state index >= 15 is 0 Å². The van der Waals surface area contributed by atoms with Crippen LogP contribution in [-0.2, 0) is 0 Å². The molecule has 1 aromatic heterocycles. The summed E-state index contributed by atoms with van der Waals surface area (Å²) in [5.41, 5.74) is 2.43. The monoisotopic (exact) mass is 381 g/mol. The van der Waals surface area contributed by atoms with Crippen LogP contribution in [0, 0.1) is 5.82 Å². The normalized spacial score (nSPS) is 14.9. The molecule has 1 aliphatic heterocycles. The Kier molecular flexibility index (Phi) is 5.99. The molecule has 2 heterocycles. The zero-order valence-corrected chi connectivity index (χ0v) is 15.7. The molecule has 3 aromatic rings. The van der Waals surface area contributed by atoms with Crippen molar-refractivity contribution in [2.45, 2.75) is 6.42 Å². The molecule has 0 unspecified atom stereocenters. The summed E-state index contributed by atoms with van der Waals surface area (Å²) in [4.78, 5) is 2.46.